The number of halogens is 3. The molecule has 2 rings (SSSR count). The van der Waals surface area contributed by atoms with Crippen LogP contribution in [0.5, 0.6) is 0 Å². The Morgan fingerprint density at radius 1 is 1.28 bits per heavy atom. The number of alkyl halides is 3. The second kappa shape index (κ2) is 5.22. The molecule has 0 aliphatic heterocycles. The molecular formula is C13H15ClF2N2. The van der Waals surface area contributed by atoms with Crippen molar-refractivity contribution in [3.8, 4) is 0 Å². The van der Waals surface area contributed by atoms with Crippen LogP contribution in [-0.2, 0) is 13.0 Å². The molecule has 98 valence electrons. The Morgan fingerprint density at radius 3 is 2.56 bits per heavy atom. The van der Waals surface area contributed by atoms with E-state index in [1.165, 1.54) is 0 Å². The van der Waals surface area contributed by atoms with E-state index in [-0.39, 0.29) is 6.54 Å². The molecule has 0 aliphatic rings. The Hall–Kier alpha value is -1.16. The maximum absolute atomic E-state index is 12.6. The minimum absolute atomic E-state index is 0.328. The van der Waals surface area contributed by atoms with Gasteiger partial charge < -0.3 is 4.57 Å². The summed E-state index contributed by atoms with van der Waals surface area (Å²) in [7, 11) is 0. The van der Waals surface area contributed by atoms with Gasteiger partial charge in [0.25, 0.3) is 6.43 Å². The van der Waals surface area contributed by atoms with Crippen molar-refractivity contribution in [1.82, 2.24) is 9.55 Å². The summed E-state index contributed by atoms with van der Waals surface area (Å²) in [6.07, 6.45) is -1.89. The Balaban J connectivity index is 2.60. The summed E-state index contributed by atoms with van der Waals surface area (Å²) in [6.45, 7) is 3.63. The first kappa shape index (κ1) is 13.3. The van der Waals surface area contributed by atoms with Crippen LogP contribution in [0.1, 0.15) is 17.0 Å². The predicted octanol–water partition coefficient (Wildman–Crippen LogP) is 3.70. The molecule has 0 radical (unpaired) electrons. The minimum atomic E-state index is -2.39. The van der Waals surface area contributed by atoms with Gasteiger partial charge in [0.2, 0.25) is 0 Å². The lowest BCUT2D eigenvalue weighted by atomic mass is 10.1. The number of aromatic nitrogens is 2. The van der Waals surface area contributed by atoms with Gasteiger partial charge in [0.05, 0.1) is 17.6 Å². The van der Waals surface area contributed by atoms with Crippen molar-refractivity contribution in [3.63, 3.8) is 0 Å². The molecule has 1 heterocycles. The van der Waals surface area contributed by atoms with E-state index in [1.807, 2.05) is 26.0 Å². The normalized spacial score (nSPS) is 11.7. The molecular weight excluding hydrogens is 258 g/mol. The molecule has 0 fully saturated rings. The second-order valence-corrected chi connectivity index (χ2v) is 4.77. The molecule has 2 nitrogen and oxygen atoms in total. The van der Waals surface area contributed by atoms with Crippen LogP contribution in [0.25, 0.3) is 11.0 Å². The third-order valence-electron chi connectivity index (χ3n) is 3.08. The highest BCUT2D eigenvalue weighted by Gasteiger charge is 2.15. The number of imidazole rings is 1. The van der Waals surface area contributed by atoms with Gasteiger partial charge in [-0.05, 0) is 37.1 Å². The van der Waals surface area contributed by atoms with Crippen LogP contribution in [0.15, 0.2) is 12.1 Å². The standard InChI is InChI=1S/C13H15ClF2N2/c1-8-5-10-11(6-9(8)2)18(7-12(15)16)13(17-10)3-4-14/h5-6,12H,3-4,7H2,1-2H3. The van der Waals surface area contributed by atoms with Crippen LogP contribution >= 0.6 is 11.6 Å². The average molecular weight is 273 g/mol. The molecule has 5 heteroatoms. The largest absolute Gasteiger partial charge is 0.322 e. The fraction of sp³-hybridized carbons (Fsp3) is 0.462. The van der Waals surface area contributed by atoms with Gasteiger partial charge in [-0.15, -0.1) is 11.6 Å². The summed E-state index contributed by atoms with van der Waals surface area (Å²) < 4.78 is 26.9. The minimum Gasteiger partial charge on any atom is -0.322 e. The van der Waals surface area contributed by atoms with Crippen molar-refractivity contribution in [3.05, 3.63) is 29.1 Å². The molecule has 0 saturated heterocycles. The Bertz CT molecular complexity index is 564. The molecule has 0 spiro atoms. The van der Waals surface area contributed by atoms with Gasteiger partial charge in [0.1, 0.15) is 5.82 Å². The number of hydrogen-bond donors (Lipinski definition) is 0. The van der Waals surface area contributed by atoms with Crippen LogP contribution in [0, 0.1) is 13.8 Å². The number of hydrogen-bond acceptors (Lipinski definition) is 1. The number of aryl methyl sites for hydroxylation is 3. The molecule has 0 aliphatic carbocycles. The van der Waals surface area contributed by atoms with Crippen molar-refractivity contribution < 1.29 is 8.78 Å². The van der Waals surface area contributed by atoms with E-state index in [0.29, 0.717) is 18.1 Å². The maximum Gasteiger partial charge on any atom is 0.256 e. The molecule has 1 aromatic carbocycles. The Labute approximate surface area is 110 Å². The fourth-order valence-electron chi connectivity index (χ4n) is 2.05. The van der Waals surface area contributed by atoms with Gasteiger partial charge in [0, 0.05) is 12.3 Å². The highest BCUT2D eigenvalue weighted by molar-refractivity contribution is 6.17. The third-order valence-corrected chi connectivity index (χ3v) is 3.27. The van der Waals surface area contributed by atoms with Gasteiger partial charge in [-0.1, -0.05) is 0 Å². The lowest BCUT2D eigenvalue weighted by Crippen LogP contribution is -2.10. The maximum atomic E-state index is 12.6. The van der Waals surface area contributed by atoms with Crippen LogP contribution in [0.2, 0.25) is 0 Å². The van der Waals surface area contributed by atoms with E-state index in [9.17, 15) is 8.78 Å². The molecule has 0 atom stereocenters. The molecule has 18 heavy (non-hydrogen) atoms. The van der Waals surface area contributed by atoms with Crippen molar-refractivity contribution in [2.24, 2.45) is 0 Å². The second-order valence-electron chi connectivity index (χ2n) is 4.39. The zero-order valence-electron chi connectivity index (χ0n) is 10.4. The van der Waals surface area contributed by atoms with E-state index < -0.39 is 6.43 Å². The number of rotatable bonds is 4. The van der Waals surface area contributed by atoms with Crippen molar-refractivity contribution in [1.29, 1.82) is 0 Å². The lowest BCUT2D eigenvalue weighted by Gasteiger charge is -2.08. The van der Waals surface area contributed by atoms with Gasteiger partial charge in [0.15, 0.2) is 0 Å². The van der Waals surface area contributed by atoms with Gasteiger partial charge in [-0.2, -0.15) is 0 Å². The summed E-state index contributed by atoms with van der Waals surface area (Å²) in [5.74, 6) is 1.01. The first-order valence-electron chi connectivity index (χ1n) is 5.83. The smallest absolute Gasteiger partial charge is 0.256 e. The average Bonchev–Trinajstić information content (AvgIpc) is 2.58. The van der Waals surface area contributed by atoms with Crippen molar-refractivity contribution >= 4 is 22.6 Å². The molecule has 0 saturated carbocycles. The summed E-state index contributed by atoms with van der Waals surface area (Å²) in [4.78, 5) is 4.40. The molecule has 0 amide bonds. The monoisotopic (exact) mass is 272 g/mol. The number of benzene rings is 1. The molecule has 2 aromatic rings. The topological polar surface area (TPSA) is 17.8 Å². The summed E-state index contributed by atoms with van der Waals surface area (Å²) in [5.41, 5.74) is 3.72. The van der Waals surface area contributed by atoms with Crippen LogP contribution in [0.4, 0.5) is 8.78 Å². The predicted molar refractivity (Wildman–Crippen MR) is 69.6 cm³/mol. The van der Waals surface area contributed by atoms with Gasteiger partial charge >= 0.3 is 0 Å². The van der Waals surface area contributed by atoms with E-state index in [2.05, 4.69) is 4.98 Å². The van der Waals surface area contributed by atoms with Crippen LogP contribution in [0.3, 0.4) is 0 Å². The summed E-state index contributed by atoms with van der Waals surface area (Å²) in [5, 5.41) is 0. The summed E-state index contributed by atoms with van der Waals surface area (Å²) >= 11 is 5.69. The SMILES string of the molecule is Cc1cc2nc(CCCl)n(CC(F)F)c2cc1C. The first-order chi connectivity index (χ1) is 8.52. The van der Waals surface area contributed by atoms with Gasteiger partial charge in [-0.3, -0.25) is 0 Å². The van der Waals surface area contributed by atoms with E-state index >= 15 is 0 Å². The number of fused-ring (bicyclic) bond motifs is 1. The highest BCUT2D eigenvalue weighted by Crippen LogP contribution is 2.22. The van der Waals surface area contributed by atoms with Crippen molar-refractivity contribution in [2.75, 3.05) is 5.88 Å². The zero-order chi connectivity index (χ0) is 13.3. The highest BCUT2D eigenvalue weighted by atomic mass is 35.5. The molecule has 1 aromatic heterocycles. The van der Waals surface area contributed by atoms with Crippen LogP contribution < -0.4 is 0 Å². The Morgan fingerprint density at radius 2 is 1.94 bits per heavy atom. The van der Waals surface area contributed by atoms with E-state index in [1.54, 1.807) is 4.57 Å². The van der Waals surface area contributed by atoms with Crippen molar-refractivity contribution in [2.45, 2.75) is 33.2 Å². The van der Waals surface area contributed by atoms with Crippen LogP contribution in [-0.4, -0.2) is 21.9 Å². The van der Waals surface area contributed by atoms with E-state index in [0.717, 1.165) is 22.2 Å². The van der Waals surface area contributed by atoms with E-state index in [4.69, 9.17) is 11.6 Å². The Kier molecular flexibility index (Phi) is 3.85. The lowest BCUT2D eigenvalue weighted by molar-refractivity contribution is 0.127. The quantitative estimate of drug-likeness (QED) is 0.776. The number of nitrogens with zero attached hydrogens (tertiary/aromatic N) is 2. The molecule has 0 bridgehead atoms. The third kappa shape index (κ3) is 2.48. The molecule has 0 unspecified atom stereocenters. The fourth-order valence-corrected chi connectivity index (χ4v) is 2.22. The first-order valence-corrected chi connectivity index (χ1v) is 6.37. The zero-order valence-corrected chi connectivity index (χ0v) is 11.1. The molecule has 0 N–H and O–H groups in total. The summed E-state index contributed by atoms with van der Waals surface area (Å²) in [6, 6.07) is 3.85. The van der Waals surface area contributed by atoms with Gasteiger partial charge in [-0.25, -0.2) is 13.8 Å².